The number of hydrogen-bond acceptors (Lipinski definition) is 2. The Morgan fingerprint density at radius 2 is 2.06 bits per heavy atom. The molecular formula is C14H16BrNO. The number of rotatable bonds is 2. The fraction of sp³-hybridized carbons (Fsp3) is 0.500. The third kappa shape index (κ3) is 2.39. The maximum Gasteiger partial charge on any atom is 0.144 e. The van der Waals surface area contributed by atoms with Crippen LogP contribution in [-0.2, 0) is 6.42 Å². The average molecular weight is 294 g/mol. The van der Waals surface area contributed by atoms with Crippen molar-refractivity contribution >= 4 is 26.8 Å². The fourth-order valence-corrected chi connectivity index (χ4v) is 3.13. The van der Waals surface area contributed by atoms with Crippen LogP contribution in [0, 0.1) is 5.92 Å². The van der Waals surface area contributed by atoms with Crippen molar-refractivity contribution in [2.45, 2.75) is 38.5 Å². The van der Waals surface area contributed by atoms with Crippen LogP contribution in [0.1, 0.15) is 37.9 Å². The molecule has 0 saturated heterocycles. The first kappa shape index (κ1) is 11.3. The van der Waals surface area contributed by atoms with Crippen LogP contribution in [-0.4, -0.2) is 5.16 Å². The lowest BCUT2D eigenvalue weighted by Gasteiger charge is -2.20. The number of aromatic nitrogens is 1. The normalized spacial score (nSPS) is 17.7. The van der Waals surface area contributed by atoms with Crippen LogP contribution < -0.4 is 0 Å². The van der Waals surface area contributed by atoms with Gasteiger partial charge in [-0.05, 0) is 24.1 Å². The number of halogens is 1. The second-order valence-corrected chi connectivity index (χ2v) is 5.89. The van der Waals surface area contributed by atoms with Gasteiger partial charge in [0.2, 0.25) is 0 Å². The number of benzene rings is 1. The highest BCUT2D eigenvalue weighted by Gasteiger charge is 2.18. The Kier molecular flexibility index (Phi) is 3.19. The second kappa shape index (κ2) is 4.81. The van der Waals surface area contributed by atoms with Gasteiger partial charge in [0.15, 0.2) is 0 Å². The summed E-state index contributed by atoms with van der Waals surface area (Å²) in [6, 6.07) is 6.13. The van der Waals surface area contributed by atoms with E-state index in [2.05, 4.69) is 27.2 Å². The standard InChI is InChI=1S/C14H16BrNO/c15-11-6-7-13-12(9-11)14(17-16-13)8-10-4-2-1-3-5-10/h6-7,9-10H,1-5,8H2. The van der Waals surface area contributed by atoms with Crippen LogP contribution >= 0.6 is 15.9 Å². The molecule has 0 atom stereocenters. The molecule has 1 aromatic carbocycles. The van der Waals surface area contributed by atoms with E-state index in [0.717, 1.165) is 28.1 Å². The molecule has 1 fully saturated rings. The summed E-state index contributed by atoms with van der Waals surface area (Å²) in [5.74, 6) is 1.85. The Hall–Kier alpha value is -0.830. The number of hydrogen-bond donors (Lipinski definition) is 0. The van der Waals surface area contributed by atoms with E-state index in [0.29, 0.717) is 0 Å². The molecule has 1 aliphatic carbocycles. The molecule has 1 aromatic heterocycles. The average Bonchev–Trinajstić information content (AvgIpc) is 2.73. The van der Waals surface area contributed by atoms with Gasteiger partial charge in [0.05, 0.1) is 0 Å². The van der Waals surface area contributed by atoms with Crippen LogP contribution in [0.5, 0.6) is 0 Å². The molecule has 0 unspecified atom stereocenters. The molecule has 0 radical (unpaired) electrons. The van der Waals surface area contributed by atoms with Gasteiger partial charge in [0, 0.05) is 16.3 Å². The van der Waals surface area contributed by atoms with E-state index < -0.39 is 0 Å². The van der Waals surface area contributed by atoms with Crippen molar-refractivity contribution in [2.24, 2.45) is 5.92 Å². The lowest BCUT2D eigenvalue weighted by molar-refractivity contribution is 0.313. The Morgan fingerprint density at radius 1 is 1.24 bits per heavy atom. The van der Waals surface area contributed by atoms with Gasteiger partial charge in [0.25, 0.3) is 0 Å². The van der Waals surface area contributed by atoms with Crippen molar-refractivity contribution in [1.29, 1.82) is 0 Å². The zero-order valence-corrected chi connectivity index (χ0v) is 11.4. The minimum absolute atomic E-state index is 0.791. The molecule has 3 heteroatoms. The maximum atomic E-state index is 5.50. The molecule has 0 aliphatic heterocycles. The Balaban J connectivity index is 1.86. The summed E-state index contributed by atoms with van der Waals surface area (Å²) in [6.07, 6.45) is 7.89. The highest BCUT2D eigenvalue weighted by molar-refractivity contribution is 9.10. The molecular weight excluding hydrogens is 278 g/mol. The van der Waals surface area contributed by atoms with Crippen LogP contribution in [0.4, 0.5) is 0 Å². The SMILES string of the molecule is Brc1ccc2noc(CC3CCCCC3)c2c1. The summed E-state index contributed by atoms with van der Waals surface area (Å²) >= 11 is 3.51. The zero-order valence-electron chi connectivity index (χ0n) is 9.79. The Labute approximate surface area is 109 Å². The molecule has 2 nitrogen and oxygen atoms in total. The molecule has 0 amide bonds. The van der Waals surface area contributed by atoms with E-state index in [9.17, 15) is 0 Å². The minimum Gasteiger partial charge on any atom is -0.360 e. The van der Waals surface area contributed by atoms with Gasteiger partial charge >= 0.3 is 0 Å². The fourth-order valence-electron chi connectivity index (χ4n) is 2.77. The van der Waals surface area contributed by atoms with Gasteiger partial charge in [-0.1, -0.05) is 53.2 Å². The molecule has 3 rings (SSSR count). The van der Waals surface area contributed by atoms with Crippen molar-refractivity contribution in [2.75, 3.05) is 0 Å². The topological polar surface area (TPSA) is 26.0 Å². The van der Waals surface area contributed by atoms with Gasteiger partial charge in [0.1, 0.15) is 11.3 Å². The van der Waals surface area contributed by atoms with E-state index in [1.54, 1.807) is 0 Å². The van der Waals surface area contributed by atoms with Crippen molar-refractivity contribution in [3.8, 4) is 0 Å². The molecule has 1 aliphatic rings. The first-order valence-electron chi connectivity index (χ1n) is 6.37. The zero-order chi connectivity index (χ0) is 11.7. The van der Waals surface area contributed by atoms with Crippen molar-refractivity contribution in [1.82, 2.24) is 5.16 Å². The molecule has 17 heavy (non-hydrogen) atoms. The van der Waals surface area contributed by atoms with Gasteiger partial charge in [-0.3, -0.25) is 0 Å². The smallest absolute Gasteiger partial charge is 0.144 e. The van der Waals surface area contributed by atoms with Crippen molar-refractivity contribution in [3.05, 3.63) is 28.4 Å². The first-order valence-corrected chi connectivity index (χ1v) is 7.16. The molecule has 90 valence electrons. The van der Waals surface area contributed by atoms with Crippen LogP contribution in [0.2, 0.25) is 0 Å². The van der Waals surface area contributed by atoms with Gasteiger partial charge in [-0.25, -0.2) is 0 Å². The summed E-state index contributed by atoms with van der Waals surface area (Å²) < 4.78 is 6.60. The number of nitrogens with zero attached hydrogens (tertiary/aromatic N) is 1. The summed E-state index contributed by atoms with van der Waals surface area (Å²) in [5, 5.41) is 5.30. The summed E-state index contributed by atoms with van der Waals surface area (Å²) in [4.78, 5) is 0. The quantitative estimate of drug-likeness (QED) is 0.801. The van der Waals surface area contributed by atoms with E-state index in [1.807, 2.05) is 12.1 Å². The summed E-state index contributed by atoms with van der Waals surface area (Å²) in [6.45, 7) is 0. The highest BCUT2D eigenvalue weighted by Crippen LogP contribution is 2.30. The lowest BCUT2D eigenvalue weighted by Crippen LogP contribution is -2.08. The van der Waals surface area contributed by atoms with E-state index in [1.165, 1.54) is 37.5 Å². The lowest BCUT2D eigenvalue weighted by atomic mass is 9.86. The van der Waals surface area contributed by atoms with Crippen LogP contribution in [0.15, 0.2) is 27.2 Å². The van der Waals surface area contributed by atoms with Gasteiger partial charge in [-0.2, -0.15) is 0 Å². The first-order chi connectivity index (χ1) is 8.33. The Morgan fingerprint density at radius 3 is 2.88 bits per heavy atom. The molecule has 0 spiro atoms. The van der Waals surface area contributed by atoms with Gasteiger partial charge < -0.3 is 4.52 Å². The van der Waals surface area contributed by atoms with Crippen LogP contribution in [0.25, 0.3) is 10.9 Å². The molecule has 2 aromatic rings. The van der Waals surface area contributed by atoms with Crippen molar-refractivity contribution < 1.29 is 4.52 Å². The van der Waals surface area contributed by atoms with Crippen LogP contribution in [0.3, 0.4) is 0 Å². The summed E-state index contributed by atoms with van der Waals surface area (Å²) in [7, 11) is 0. The monoisotopic (exact) mass is 293 g/mol. The molecule has 0 bridgehead atoms. The predicted molar refractivity (Wildman–Crippen MR) is 72.0 cm³/mol. The van der Waals surface area contributed by atoms with Crippen molar-refractivity contribution in [3.63, 3.8) is 0 Å². The van der Waals surface area contributed by atoms with E-state index >= 15 is 0 Å². The maximum absolute atomic E-state index is 5.50. The minimum atomic E-state index is 0.791. The second-order valence-electron chi connectivity index (χ2n) is 4.98. The highest BCUT2D eigenvalue weighted by atomic mass is 79.9. The summed E-state index contributed by atoms with van der Waals surface area (Å²) in [5.41, 5.74) is 0.971. The molecule has 1 heterocycles. The predicted octanol–water partition coefficient (Wildman–Crippen LogP) is 4.71. The molecule has 0 N–H and O–H groups in total. The Bertz CT molecular complexity index is 514. The molecule has 1 saturated carbocycles. The third-order valence-electron chi connectivity index (χ3n) is 3.71. The number of fused-ring (bicyclic) bond motifs is 1. The van der Waals surface area contributed by atoms with Gasteiger partial charge in [-0.15, -0.1) is 0 Å². The third-order valence-corrected chi connectivity index (χ3v) is 4.21. The van der Waals surface area contributed by atoms with E-state index in [4.69, 9.17) is 4.52 Å². The largest absolute Gasteiger partial charge is 0.360 e. The van der Waals surface area contributed by atoms with E-state index in [-0.39, 0.29) is 0 Å².